The first-order valence-corrected chi connectivity index (χ1v) is 12.3. The Balaban J connectivity index is 1.31. The molecular formula is C25H31ClFN5O2. The van der Waals surface area contributed by atoms with Crippen molar-refractivity contribution in [1.82, 2.24) is 24.5 Å². The molecule has 3 heterocycles. The molecule has 182 valence electrons. The zero-order valence-electron chi connectivity index (χ0n) is 19.6. The van der Waals surface area contributed by atoms with Crippen LogP contribution in [0.5, 0.6) is 0 Å². The molecule has 2 amide bonds. The average Bonchev–Trinajstić information content (AvgIpc) is 3.01. The van der Waals surface area contributed by atoms with Gasteiger partial charge in [0.15, 0.2) is 0 Å². The predicted molar refractivity (Wildman–Crippen MR) is 130 cm³/mol. The Morgan fingerprint density at radius 3 is 2.26 bits per heavy atom. The van der Waals surface area contributed by atoms with E-state index < -0.39 is 0 Å². The van der Waals surface area contributed by atoms with E-state index in [-0.39, 0.29) is 17.6 Å². The van der Waals surface area contributed by atoms with Crippen LogP contribution in [0.4, 0.5) is 4.39 Å². The second-order valence-electron chi connectivity index (χ2n) is 8.91. The molecule has 2 aromatic rings. The quantitative estimate of drug-likeness (QED) is 0.605. The number of halogens is 2. The first-order chi connectivity index (χ1) is 16.4. The van der Waals surface area contributed by atoms with Crippen molar-refractivity contribution in [2.75, 3.05) is 45.8 Å². The Labute approximate surface area is 204 Å². The molecule has 0 bridgehead atoms. The molecular weight excluding hydrogens is 457 g/mol. The Kier molecular flexibility index (Phi) is 8.00. The van der Waals surface area contributed by atoms with E-state index in [1.165, 1.54) is 35.7 Å². The van der Waals surface area contributed by atoms with Gasteiger partial charge in [-0.3, -0.25) is 14.5 Å². The number of amides is 2. The molecule has 7 nitrogen and oxygen atoms in total. The third kappa shape index (κ3) is 5.85. The van der Waals surface area contributed by atoms with Crippen LogP contribution in [0.3, 0.4) is 0 Å². The average molecular weight is 488 g/mol. The Morgan fingerprint density at radius 1 is 0.971 bits per heavy atom. The minimum Gasteiger partial charge on any atom is -0.342 e. The van der Waals surface area contributed by atoms with Crippen molar-refractivity contribution >= 4 is 29.5 Å². The second-order valence-corrected chi connectivity index (χ2v) is 9.27. The summed E-state index contributed by atoms with van der Waals surface area (Å²) in [7, 11) is 0. The SMILES string of the molecule is Cc1nn(-c2ccc(F)cc2)c(Cl)c1C=CC(=O)N1CCN(CC(=O)N2CCCCCC2)CC1. The third-order valence-electron chi connectivity index (χ3n) is 6.51. The van der Waals surface area contributed by atoms with Gasteiger partial charge in [0.25, 0.3) is 0 Å². The van der Waals surface area contributed by atoms with E-state index in [9.17, 15) is 14.0 Å². The summed E-state index contributed by atoms with van der Waals surface area (Å²) in [6.45, 7) is 6.49. The monoisotopic (exact) mass is 487 g/mol. The molecule has 0 spiro atoms. The van der Waals surface area contributed by atoms with Crippen molar-refractivity contribution in [2.24, 2.45) is 0 Å². The number of carbonyl (C=O) groups is 2. The third-order valence-corrected chi connectivity index (χ3v) is 6.88. The van der Waals surface area contributed by atoms with Crippen LogP contribution in [0, 0.1) is 12.7 Å². The van der Waals surface area contributed by atoms with E-state index in [1.54, 1.807) is 23.1 Å². The highest BCUT2D eigenvalue weighted by atomic mass is 35.5. The minimum atomic E-state index is -0.333. The molecule has 0 atom stereocenters. The molecule has 2 saturated heterocycles. The molecule has 2 aliphatic rings. The summed E-state index contributed by atoms with van der Waals surface area (Å²) in [4.78, 5) is 31.3. The van der Waals surface area contributed by atoms with Gasteiger partial charge in [0.1, 0.15) is 11.0 Å². The maximum atomic E-state index is 13.2. The number of rotatable bonds is 5. The van der Waals surface area contributed by atoms with Crippen LogP contribution in [-0.2, 0) is 9.59 Å². The first kappa shape index (κ1) is 24.4. The number of hydrogen-bond acceptors (Lipinski definition) is 4. The number of likely N-dealkylation sites (tertiary alicyclic amines) is 1. The molecule has 1 aromatic heterocycles. The molecule has 0 N–H and O–H groups in total. The van der Waals surface area contributed by atoms with Crippen LogP contribution in [0.15, 0.2) is 30.3 Å². The first-order valence-electron chi connectivity index (χ1n) is 11.9. The lowest BCUT2D eigenvalue weighted by Gasteiger charge is -2.34. The maximum Gasteiger partial charge on any atom is 0.246 e. The largest absolute Gasteiger partial charge is 0.342 e. The summed E-state index contributed by atoms with van der Waals surface area (Å²) in [6.07, 6.45) is 7.79. The number of carbonyl (C=O) groups excluding carboxylic acids is 2. The van der Waals surface area contributed by atoms with E-state index in [0.29, 0.717) is 54.8 Å². The lowest BCUT2D eigenvalue weighted by atomic mass is 10.2. The zero-order valence-corrected chi connectivity index (χ0v) is 20.3. The van der Waals surface area contributed by atoms with Crippen molar-refractivity contribution in [2.45, 2.75) is 32.6 Å². The molecule has 1 aromatic carbocycles. The molecule has 2 fully saturated rings. The van der Waals surface area contributed by atoms with Crippen LogP contribution in [-0.4, -0.2) is 82.1 Å². The fourth-order valence-electron chi connectivity index (χ4n) is 4.45. The van der Waals surface area contributed by atoms with Gasteiger partial charge in [-0.15, -0.1) is 0 Å². The molecule has 34 heavy (non-hydrogen) atoms. The predicted octanol–water partition coefficient (Wildman–Crippen LogP) is 3.53. The van der Waals surface area contributed by atoms with E-state index in [1.807, 2.05) is 11.8 Å². The maximum absolute atomic E-state index is 13.2. The summed E-state index contributed by atoms with van der Waals surface area (Å²) >= 11 is 6.50. The van der Waals surface area contributed by atoms with Gasteiger partial charge in [0.05, 0.1) is 17.9 Å². The molecule has 0 aliphatic carbocycles. The standard InChI is InChI=1S/C25H31ClFN5O2/c1-19-22(25(26)32(28-19)21-8-6-20(27)7-9-21)10-11-23(33)31-16-14-29(15-17-31)18-24(34)30-12-4-2-3-5-13-30/h6-11H,2-5,12-18H2,1H3. The Bertz CT molecular complexity index is 1040. The lowest BCUT2D eigenvalue weighted by Crippen LogP contribution is -2.51. The van der Waals surface area contributed by atoms with Gasteiger partial charge >= 0.3 is 0 Å². The van der Waals surface area contributed by atoms with E-state index >= 15 is 0 Å². The van der Waals surface area contributed by atoms with Crippen LogP contribution in [0.1, 0.15) is 36.9 Å². The van der Waals surface area contributed by atoms with Crippen molar-refractivity contribution in [3.63, 3.8) is 0 Å². The van der Waals surface area contributed by atoms with E-state index in [4.69, 9.17) is 11.6 Å². The molecule has 4 rings (SSSR count). The summed E-state index contributed by atoms with van der Waals surface area (Å²) in [5, 5.41) is 4.79. The van der Waals surface area contributed by atoms with Crippen molar-refractivity contribution in [3.05, 3.63) is 52.6 Å². The number of piperazine rings is 1. The second kappa shape index (κ2) is 11.1. The number of aromatic nitrogens is 2. The summed E-state index contributed by atoms with van der Waals surface area (Å²) in [6, 6.07) is 5.90. The van der Waals surface area contributed by atoms with Gasteiger partial charge in [-0.1, -0.05) is 24.4 Å². The fraction of sp³-hybridized carbons (Fsp3) is 0.480. The van der Waals surface area contributed by atoms with Crippen LogP contribution < -0.4 is 0 Å². The highest BCUT2D eigenvalue weighted by Crippen LogP contribution is 2.25. The summed E-state index contributed by atoms with van der Waals surface area (Å²) in [5.41, 5.74) is 1.97. The van der Waals surface area contributed by atoms with Crippen LogP contribution in [0.25, 0.3) is 11.8 Å². The van der Waals surface area contributed by atoms with Gasteiger partial charge in [0.2, 0.25) is 11.8 Å². The molecule has 2 aliphatic heterocycles. The van der Waals surface area contributed by atoms with Crippen molar-refractivity contribution < 1.29 is 14.0 Å². The zero-order chi connectivity index (χ0) is 24.1. The van der Waals surface area contributed by atoms with Crippen molar-refractivity contribution in [1.29, 1.82) is 0 Å². The van der Waals surface area contributed by atoms with Gasteiger partial charge in [-0.25, -0.2) is 9.07 Å². The smallest absolute Gasteiger partial charge is 0.246 e. The van der Waals surface area contributed by atoms with E-state index in [2.05, 4.69) is 10.00 Å². The van der Waals surface area contributed by atoms with Gasteiger partial charge in [0, 0.05) is 50.9 Å². The molecule has 0 radical (unpaired) electrons. The Morgan fingerprint density at radius 2 is 1.62 bits per heavy atom. The lowest BCUT2D eigenvalue weighted by molar-refractivity contribution is -0.133. The highest BCUT2D eigenvalue weighted by molar-refractivity contribution is 6.31. The van der Waals surface area contributed by atoms with Gasteiger partial charge in [-0.2, -0.15) is 5.10 Å². The van der Waals surface area contributed by atoms with Crippen LogP contribution >= 0.6 is 11.6 Å². The van der Waals surface area contributed by atoms with Gasteiger partial charge < -0.3 is 9.80 Å². The summed E-state index contributed by atoms with van der Waals surface area (Å²) < 4.78 is 14.8. The number of hydrogen-bond donors (Lipinski definition) is 0. The number of aryl methyl sites for hydroxylation is 1. The molecule has 0 saturated carbocycles. The number of benzene rings is 1. The number of nitrogens with zero attached hydrogens (tertiary/aromatic N) is 5. The van der Waals surface area contributed by atoms with E-state index in [0.717, 1.165) is 25.9 Å². The van der Waals surface area contributed by atoms with Gasteiger partial charge in [-0.05, 0) is 50.1 Å². The van der Waals surface area contributed by atoms with Crippen molar-refractivity contribution in [3.8, 4) is 5.69 Å². The minimum absolute atomic E-state index is 0.0940. The normalized spacial score (nSPS) is 17.9. The highest BCUT2D eigenvalue weighted by Gasteiger charge is 2.24. The molecule has 9 heteroatoms. The fourth-order valence-corrected chi connectivity index (χ4v) is 4.79. The Hall–Kier alpha value is -2.71. The van der Waals surface area contributed by atoms with Crippen LogP contribution in [0.2, 0.25) is 5.15 Å². The summed E-state index contributed by atoms with van der Waals surface area (Å²) in [5.74, 6) is -0.228. The molecule has 0 unspecified atom stereocenters. The topological polar surface area (TPSA) is 61.7 Å².